The number of sulfone groups is 1. The zero-order chi connectivity index (χ0) is 19.0. The molecule has 0 aliphatic carbocycles. The molecule has 25 heavy (non-hydrogen) atoms. The number of amides is 1. The molecule has 1 aromatic carbocycles. The molecule has 0 bridgehead atoms. The van der Waals surface area contributed by atoms with Gasteiger partial charge in [-0.1, -0.05) is 43.6 Å². The Morgan fingerprint density at radius 2 is 1.88 bits per heavy atom. The van der Waals surface area contributed by atoms with Gasteiger partial charge in [0, 0.05) is 17.8 Å². The molecule has 1 rings (SSSR count). The maximum Gasteiger partial charge on any atom is 0.237 e. The summed E-state index contributed by atoms with van der Waals surface area (Å²) in [5, 5.41) is 3.48. The van der Waals surface area contributed by atoms with Crippen LogP contribution in [-0.4, -0.2) is 56.9 Å². The van der Waals surface area contributed by atoms with Crippen molar-refractivity contribution in [2.45, 2.75) is 32.4 Å². The van der Waals surface area contributed by atoms with Crippen LogP contribution in [0.4, 0.5) is 0 Å². The molecule has 1 amide bonds. The Kier molecular flexibility index (Phi) is 8.85. The lowest BCUT2D eigenvalue weighted by Gasteiger charge is -2.31. The zero-order valence-corrected chi connectivity index (χ0v) is 16.6. The molecule has 0 saturated carbocycles. The zero-order valence-electron chi connectivity index (χ0n) is 15.0. The normalized spacial score (nSPS) is 14.3. The first kappa shape index (κ1) is 21.9. The molecule has 0 aromatic heterocycles. The number of nitrogens with zero attached hydrogens (tertiary/aromatic N) is 1. The van der Waals surface area contributed by atoms with Crippen LogP contribution < -0.4 is 11.1 Å². The Bertz CT molecular complexity index is 663. The van der Waals surface area contributed by atoms with Crippen LogP contribution in [0.5, 0.6) is 0 Å². The smallest absolute Gasteiger partial charge is 0.237 e. The number of rotatable bonds is 10. The highest BCUT2D eigenvalue weighted by molar-refractivity contribution is 7.90. The summed E-state index contributed by atoms with van der Waals surface area (Å²) < 4.78 is 22.4. The van der Waals surface area contributed by atoms with Gasteiger partial charge in [0.25, 0.3) is 0 Å². The Hall–Kier alpha value is -1.15. The van der Waals surface area contributed by atoms with E-state index in [1.54, 1.807) is 0 Å². The molecule has 3 N–H and O–H groups in total. The standard InChI is InChI=1S/C17H28ClN3O3S/c1-4-21(5-2)16(13-8-6-7-9-14(13)18)12-20-17(22)15(19)10-11-25(3,23)24/h6-9,15-16H,4-5,10-12,19H2,1-3H3,(H,20,22). The summed E-state index contributed by atoms with van der Waals surface area (Å²) in [6.45, 7) is 6.07. The monoisotopic (exact) mass is 389 g/mol. The van der Waals surface area contributed by atoms with Gasteiger partial charge in [0.2, 0.25) is 5.91 Å². The number of carbonyl (C=O) groups is 1. The van der Waals surface area contributed by atoms with Gasteiger partial charge in [-0.05, 0) is 31.1 Å². The molecule has 2 unspecified atom stereocenters. The Morgan fingerprint density at radius 1 is 1.28 bits per heavy atom. The highest BCUT2D eigenvalue weighted by atomic mass is 35.5. The molecule has 0 aliphatic rings. The minimum atomic E-state index is -3.14. The van der Waals surface area contributed by atoms with Crippen LogP contribution in [0.15, 0.2) is 24.3 Å². The summed E-state index contributed by atoms with van der Waals surface area (Å²) in [6.07, 6.45) is 1.23. The summed E-state index contributed by atoms with van der Waals surface area (Å²) in [4.78, 5) is 14.4. The minimum absolute atomic E-state index is 0.0743. The van der Waals surface area contributed by atoms with E-state index in [1.807, 2.05) is 38.1 Å². The summed E-state index contributed by atoms with van der Waals surface area (Å²) in [5.41, 5.74) is 6.75. The molecule has 1 aromatic rings. The predicted molar refractivity (Wildman–Crippen MR) is 102 cm³/mol. The van der Waals surface area contributed by atoms with Crippen molar-refractivity contribution in [2.24, 2.45) is 5.73 Å². The molecular weight excluding hydrogens is 362 g/mol. The van der Waals surface area contributed by atoms with Gasteiger partial charge in [0.05, 0.1) is 17.8 Å². The highest BCUT2D eigenvalue weighted by Gasteiger charge is 2.23. The van der Waals surface area contributed by atoms with E-state index in [2.05, 4.69) is 10.2 Å². The van der Waals surface area contributed by atoms with Crippen molar-refractivity contribution in [1.82, 2.24) is 10.2 Å². The van der Waals surface area contributed by atoms with Crippen molar-refractivity contribution < 1.29 is 13.2 Å². The fourth-order valence-corrected chi connectivity index (χ4v) is 3.59. The van der Waals surface area contributed by atoms with Crippen LogP contribution in [0.2, 0.25) is 5.02 Å². The molecule has 0 saturated heterocycles. The number of nitrogens with two attached hydrogens (primary N) is 1. The molecule has 0 aliphatic heterocycles. The van der Waals surface area contributed by atoms with Crippen LogP contribution in [-0.2, 0) is 14.6 Å². The second-order valence-electron chi connectivity index (χ2n) is 6.03. The third-order valence-corrected chi connectivity index (χ3v) is 5.44. The van der Waals surface area contributed by atoms with Gasteiger partial charge < -0.3 is 11.1 Å². The van der Waals surface area contributed by atoms with E-state index < -0.39 is 15.9 Å². The number of hydrogen-bond acceptors (Lipinski definition) is 5. The molecule has 6 nitrogen and oxygen atoms in total. The number of carbonyl (C=O) groups excluding carboxylic acids is 1. The van der Waals surface area contributed by atoms with Crippen molar-refractivity contribution in [3.63, 3.8) is 0 Å². The van der Waals surface area contributed by atoms with Crippen molar-refractivity contribution >= 4 is 27.3 Å². The van der Waals surface area contributed by atoms with Crippen molar-refractivity contribution in [3.05, 3.63) is 34.9 Å². The molecule has 0 spiro atoms. The largest absolute Gasteiger partial charge is 0.353 e. The molecule has 2 atom stereocenters. The molecule has 142 valence electrons. The molecule has 0 heterocycles. The first-order chi connectivity index (χ1) is 11.7. The molecule has 0 radical (unpaired) electrons. The van der Waals surface area contributed by atoms with E-state index in [-0.39, 0.29) is 24.1 Å². The second-order valence-corrected chi connectivity index (χ2v) is 8.70. The summed E-state index contributed by atoms with van der Waals surface area (Å²) in [5.74, 6) is -0.459. The molecule has 0 fully saturated rings. The van der Waals surface area contributed by atoms with E-state index in [4.69, 9.17) is 17.3 Å². The Balaban J connectivity index is 2.79. The van der Waals surface area contributed by atoms with E-state index >= 15 is 0 Å². The lowest BCUT2D eigenvalue weighted by molar-refractivity contribution is -0.122. The average molecular weight is 390 g/mol. The van der Waals surface area contributed by atoms with Gasteiger partial charge in [-0.3, -0.25) is 9.69 Å². The first-order valence-corrected chi connectivity index (χ1v) is 10.8. The fraction of sp³-hybridized carbons (Fsp3) is 0.588. The Morgan fingerprint density at radius 3 is 2.40 bits per heavy atom. The maximum absolute atomic E-state index is 12.2. The van der Waals surface area contributed by atoms with E-state index in [1.165, 1.54) is 0 Å². The summed E-state index contributed by atoms with van der Waals surface area (Å²) in [6, 6.07) is 6.63. The van der Waals surface area contributed by atoms with Crippen LogP contribution in [0.3, 0.4) is 0 Å². The minimum Gasteiger partial charge on any atom is -0.353 e. The van der Waals surface area contributed by atoms with Crippen molar-refractivity contribution in [1.29, 1.82) is 0 Å². The van der Waals surface area contributed by atoms with E-state index in [0.717, 1.165) is 24.9 Å². The van der Waals surface area contributed by atoms with Crippen LogP contribution >= 0.6 is 11.6 Å². The van der Waals surface area contributed by atoms with Gasteiger partial charge in [-0.2, -0.15) is 0 Å². The Labute approximate surface area is 155 Å². The van der Waals surface area contributed by atoms with Crippen molar-refractivity contribution in [2.75, 3.05) is 31.6 Å². The predicted octanol–water partition coefficient (Wildman–Crippen LogP) is 1.60. The van der Waals surface area contributed by atoms with Gasteiger partial charge in [0.15, 0.2) is 0 Å². The molecular formula is C17H28ClN3O3S. The SMILES string of the molecule is CCN(CC)C(CNC(=O)C(N)CCS(C)(=O)=O)c1ccccc1Cl. The number of hydrogen-bond donors (Lipinski definition) is 2. The average Bonchev–Trinajstić information content (AvgIpc) is 2.56. The number of nitrogens with one attached hydrogen (secondary N) is 1. The number of benzene rings is 1. The van der Waals surface area contributed by atoms with E-state index in [0.29, 0.717) is 11.6 Å². The lowest BCUT2D eigenvalue weighted by Crippen LogP contribution is -2.45. The summed E-state index contributed by atoms with van der Waals surface area (Å²) in [7, 11) is -3.14. The van der Waals surface area contributed by atoms with E-state index in [9.17, 15) is 13.2 Å². The van der Waals surface area contributed by atoms with Crippen LogP contribution in [0, 0.1) is 0 Å². The third-order valence-electron chi connectivity index (χ3n) is 4.12. The fourth-order valence-electron chi connectivity index (χ4n) is 2.65. The van der Waals surface area contributed by atoms with Gasteiger partial charge >= 0.3 is 0 Å². The maximum atomic E-state index is 12.2. The van der Waals surface area contributed by atoms with Gasteiger partial charge in [-0.25, -0.2) is 8.42 Å². The number of halogens is 1. The van der Waals surface area contributed by atoms with Gasteiger partial charge in [0.1, 0.15) is 9.84 Å². The lowest BCUT2D eigenvalue weighted by atomic mass is 10.0. The topological polar surface area (TPSA) is 92.5 Å². The second kappa shape index (κ2) is 10.1. The van der Waals surface area contributed by atoms with Crippen LogP contribution in [0.1, 0.15) is 31.9 Å². The van der Waals surface area contributed by atoms with Crippen LogP contribution in [0.25, 0.3) is 0 Å². The molecule has 8 heteroatoms. The summed E-state index contributed by atoms with van der Waals surface area (Å²) >= 11 is 6.32. The highest BCUT2D eigenvalue weighted by Crippen LogP contribution is 2.26. The quantitative estimate of drug-likeness (QED) is 0.634. The van der Waals surface area contributed by atoms with Crippen molar-refractivity contribution in [3.8, 4) is 0 Å². The van der Waals surface area contributed by atoms with Gasteiger partial charge in [-0.15, -0.1) is 0 Å². The number of likely N-dealkylation sites (N-methyl/N-ethyl adjacent to an activating group) is 1. The third kappa shape index (κ3) is 7.32. The first-order valence-electron chi connectivity index (χ1n) is 8.39.